The first-order valence-electron chi connectivity index (χ1n) is 7.66. The van der Waals surface area contributed by atoms with Crippen LogP contribution >= 0.6 is 0 Å². The van der Waals surface area contributed by atoms with E-state index in [1.165, 1.54) is 23.1 Å². The van der Waals surface area contributed by atoms with Crippen LogP contribution in [0.25, 0.3) is 0 Å². The van der Waals surface area contributed by atoms with Crippen molar-refractivity contribution in [2.45, 2.75) is 44.5 Å². The molecule has 1 atom stereocenters. The summed E-state index contributed by atoms with van der Waals surface area (Å²) in [6, 6.07) is 5.13. The number of alkyl halides is 3. The first-order valence-corrected chi connectivity index (χ1v) is 7.66. The maximum Gasteiger partial charge on any atom is 0.422 e. The summed E-state index contributed by atoms with van der Waals surface area (Å²) in [4.78, 5) is 14.0. The average molecular weight is 346 g/mol. The molecule has 1 fully saturated rings. The van der Waals surface area contributed by atoms with Crippen molar-refractivity contribution in [1.82, 2.24) is 4.90 Å². The lowest BCUT2D eigenvalue weighted by Gasteiger charge is -2.33. The molecule has 1 aromatic rings. The fourth-order valence-corrected chi connectivity index (χ4v) is 2.79. The number of benzene rings is 1. The van der Waals surface area contributed by atoms with E-state index in [9.17, 15) is 23.1 Å². The third kappa shape index (κ3) is 4.77. The van der Waals surface area contributed by atoms with Crippen LogP contribution in [0.1, 0.15) is 26.7 Å². The monoisotopic (exact) mass is 346 g/mol. The molecule has 24 heavy (non-hydrogen) atoms. The number of para-hydroxylation sites is 2. The molecule has 0 spiro atoms. The molecule has 1 aliphatic rings. The molecular weight excluding hydrogens is 325 g/mol. The highest BCUT2D eigenvalue weighted by atomic mass is 19.4. The lowest BCUT2D eigenvalue weighted by Crippen LogP contribution is -2.49. The van der Waals surface area contributed by atoms with Gasteiger partial charge in [-0.15, -0.1) is 0 Å². The minimum Gasteiger partial charge on any atom is -0.482 e. The Kier molecular flexibility index (Phi) is 5.27. The number of nitrogens with one attached hydrogen (secondary N) is 1. The Morgan fingerprint density at radius 2 is 2.04 bits per heavy atom. The van der Waals surface area contributed by atoms with E-state index >= 15 is 0 Å². The zero-order chi connectivity index (χ0) is 18.0. The van der Waals surface area contributed by atoms with E-state index in [2.05, 4.69) is 5.32 Å². The van der Waals surface area contributed by atoms with E-state index in [1.54, 1.807) is 19.9 Å². The van der Waals surface area contributed by atoms with Crippen molar-refractivity contribution in [3.05, 3.63) is 24.3 Å². The molecule has 8 heteroatoms. The molecule has 0 aliphatic carbocycles. The van der Waals surface area contributed by atoms with Gasteiger partial charge in [-0.25, -0.2) is 4.79 Å². The van der Waals surface area contributed by atoms with Gasteiger partial charge in [-0.2, -0.15) is 13.2 Å². The van der Waals surface area contributed by atoms with Crippen molar-refractivity contribution in [3.8, 4) is 5.75 Å². The highest BCUT2D eigenvalue weighted by Crippen LogP contribution is 2.30. The number of nitrogens with zero attached hydrogens (tertiary/aromatic N) is 1. The molecular formula is C16H21F3N2O3. The third-order valence-corrected chi connectivity index (χ3v) is 3.85. The van der Waals surface area contributed by atoms with Crippen LogP contribution in [-0.2, 0) is 0 Å². The van der Waals surface area contributed by atoms with Gasteiger partial charge in [0.2, 0.25) is 0 Å². The number of ether oxygens (including phenoxy) is 1. The van der Waals surface area contributed by atoms with Crippen molar-refractivity contribution in [1.29, 1.82) is 0 Å². The van der Waals surface area contributed by atoms with Crippen molar-refractivity contribution < 1.29 is 27.8 Å². The van der Waals surface area contributed by atoms with Crippen LogP contribution < -0.4 is 10.1 Å². The molecule has 2 rings (SSSR count). The number of anilines is 1. The average Bonchev–Trinajstić information content (AvgIpc) is 2.95. The SMILES string of the molecule is CC(C)(O)C1CCCN1C(=O)Nc1ccccc1OCC(F)(F)F. The van der Waals surface area contributed by atoms with E-state index in [-0.39, 0.29) is 17.5 Å². The van der Waals surface area contributed by atoms with Gasteiger partial charge < -0.3 is 20.1 Å². The van der Waals surface area contributed by atoms with Gasteiger partial charge in [0.15, 0.2) is 6.61 Å². The second kappa shape index (κ2) is 6.88. The second-order valence-corrected chi connectivity index (χ2v) is 6.34. The summed E-state index contributed by atoms with van der Waals surface area (Å²) in [5, 5.41) is 12.7. The van der Waals surface area contributed by atoms with Crippen LogP contribution in [0.2, 0.25) is 0 Å². The highest BCUT2D eigenvalue weighted by Gasteiger charge is 2.38. The predicted octanol–water partition coefficient (Wildman–Crippen LogP) is 3.39. The van der Waals surface area contributed by atoms with E-state index in [1.807, 2.05) is 0 Å². The van der Waals surface area contributed by atoms with Crippen molar-refractivity contribution in [2.75, 3.05) is 18.5 Å². The Morgan fingerprint density at radius 3 is 2.67 bits per heavy atom. The van der Waals surface area contributed by atoms with Gasteiger partial charge in [0, 0.05) is 6.54 Å². The Morgan fingerprint density at radius 1 is 1.38 bits per heavy atom. The summed E-state index contributed by atoms with van der Waals surface area (Å²) in [7, 11) is 0. The fourth-order valence-electron chi connectivity index (χ4n) is 2.79. The number of likely N-dealkylation sites (tertiary alicyclic amines) is 1. The molecule has 1 unspecified atom stereocenters. The standard InChI is InChI=1S/C16H21F3N2O3/c1-15(2,23)13-8-5-9-21(13)14(22)20-11-6-3-4-7-12(11)24-10-16(17,18)19/h3-4,6-7,13,23H,5,8-10H2,1-2H3,(H,20,22). The molecule has 1 aliphatic heterocycles. The fraction of sp³-hybridized carbons (Fsp3) is 0.562. The van der Waals surface area contributed by atoms with Crippen LogP contribution in [0.15, 0.2) is 24.3 Å². The van der Waals surface area contributed by atoms with Gasteiger partial charge in [0.05, 0.1) is 17.3 Å². The van der Waals surface area contributed by atoms with Crippen molar-refractivity contribution in [2.24, 2.45) is 0 Å². The molecule has 1 aromatic carbocycles. The van der Waals surface area contributed by atoms with E-state index < -0.39 is 24.4 Å². The topological polar surface area (TPSA) is 61.8 Å². The van der Waals surface area contributed by atoms with E-state index in [0.29, 0.717) is 13.0 Å². The van der Waals surface area contributed by atoms with Gasteiger partial charge in [0.1, 0.15) is 5.75 Å². The molecule has 2 N–H and O–H groups in total. The van der Waals surface area contributed by atoms with Gasteiger partial charge in [-0.1, -0.05) is 12.1 Å². The lowest BCUT2D eigenvalue weighted by atomic mass is 9.97. The summed E-state index contributed by atoms with van der Waals surface area (Å²) in [5.41, 5.74) is -0.895. The third-order valence-electron chi connectivity index (χ3n) is 3.85. The van der Waals surface area contributed by atoms with Crippen LogP contribution in [0.5, 0.6) is 5.75 Å². The van der Waals surface area contributed by atoms with Gasteiger partial charge in [0.25, 0.3) is 0 Å². The molecule has 0 bridgehead atoms. The molecule has 0 aromatic heterocycles. The normalized spacial score (nSPS) is 18.6. The molecule has 0 radical (unpaired) electrons. The zero-order valence-corrected chi connectivity index (χ0v) is 13.6. The summed E-state index contributed by atoms with van der Waals surface area (Å²) < 4.78 is 41.7. The number of halogens is 3. The number of aliphatic hydroxyl groups is 1. The smallest absolute Gasteiger partial charge is 0.422 e. The number of carbonyl (C=O) groups excluding carboxylic acids is 1. The number of carbonyl (C=O) groups is 1. The van der Waals surface area contributed by atoms with Crippen molar-refractivity contribution >= 4 is 11.7 Å². The van der Waals surface area contributed by atoms with Crippen LogP contribution in [0.3, 0.4) is 0 Å². The Balaban J connectivity index is 2.09. The lowest BCUT2D eigenvalue weighted by molar-refractivity contribution is -0.153. The first kappa shape index (κ1) is 18.4. The number of urea groups is 1. The molecule has 134 valence electrons. The summed E-state index contributed by atoms with van der Waals surface area (Å²) in [5.74, 6) is -0.0535. The molecule has 5 nitrogen and oxygen atoms in total. The Labute approximate surface area is 138 Å². The van der Waals surface area contributed by atoms with Crippen molar-refractivity contribution in [3.63, 3.8) is 0 Å². The highest BCUT2D eigenvalue weighted by molar-refractivity contribution is 5.91. The van der Waals surface area contributed by atoms with Crippen LogP contribution in [0.4, 0.5) is 23.7 Å². The zero-order valence-electron chi connectivity index (χ0n) is 13.6. The first-order chi connectivity index (χ1) is 11.1. The predicted molar refractivity (Wildman–Crippen MR) is 83.0 cm³/mol. The number of rotatable bonds is 4. The van der Waals surface area contributed by atoms with Gasteiger partial charge in [-0.3, -0.25) is 0 Å². The maximum absolute atomic E-state index is 12.5. The summed E-state index contributed by atoms with van der Waals surface area (Å²) >= 11 is 0. The molecule has 1 heterocycles. The molecule has 2 amide bonds. The largest absolute Gasteiger partial charge is 0.482 e. The Bertz CT molecular complexity index is 585. The number of hydrogen-bond donors (Lipinski definition) is 2. The van der Waals surface area contributed by atoms with Crippen LogP contribution in [0, 0.1) is 0 Å². The summed E-state index contributed by atoms with van der Waals surface area (Å²) in [6.45, 7) is 2.30. The van der Waals surface area contributed by atoms with E-state index in [4.69, 9.17) is 4.74 Å². The Hall–Kier alpha value is -1.96. The number of hydrogen-bond acceptors (Lipinski definition) is 3. The van der Waals surface area contributed by atoms with Gasteiger partial charge >= 0.3 is 12.2 Å². The second-order valence-electron chi connectivity index (χ2n) is 6.34. The molecule has 1 saturated heterocycles. The molecule has 0 saturated carbocycles. The van der Waals surface area contributed by atoms with E-state index in [0.717, 1.165) is 6.42 Å². The minimum atomic E-state index is -4.46. The number of amides is 2. The van der Waals surface area contributed by atoms with Crippen LogP contribution in [-0.4, -0.2) is 47.0 Å². The minimum absolute atomic E-state index is 0.0535. The van der Waals surface area contributed by atoms with Gasteiger partial charge in [-0.05, 0) is 38.8 Å². The summed E-state index contributed by atoms with van der Waals surface area (Å²) in [6.07, 6.45) is -3.03. The maximum atomic E-state index is 12.5. The quantitative estimate of drug-likeness (QED) is 0.878.